The Kier molecular flexibility index (Phi) is 3.57. The summed E-state index contributed by atoms with van der Waals surface area (Å²) in [5.74, 6) is 0. The van der Waals surface area contributed by atoms with Crippen molar-refractivity contribution in [3.63, 3.8) is 0 Å². The van der Waals surface area contributed by atoms with E-state index in [2.05, 4.69) is 31.1 Å². The first kappa shape index (κ1) is 13.0. The second-order valence-electron chi connectivity index (χ2n) is 5.73. The Hall–Kier alpha value is -0.450. The van der Waals surface area contributed by atoms with Gasteiger partial charge in [0.05, 0.1) is 11.1 Å². The maximum absolute atomic E-state index is 5.57. The van der Waals surface area contributed by atoms with Crippen LogP contribution < -0.4 is 5.32 Å². The quantitative estimate of drug-likeness (QED) is 0.847. The number of hydrogen-bond acceptors (Lipinski definition) is 4. The van der Waals surface area contributed by atoms with Crippen LogP contribution in [-0.4, -0.2) is 23.7 Å². The van der Waals surface area contributed by atoms with E-state index in [9.17, 15) is 0 Å². The Balaban J connectivity index is 2.17. The van der Waals surface area contributed by atoms with Crippen LogP contribution in [0.2, 0.25) is 0 Å². The van der Waals surface area contributed by atoms with E-state index < -0.39 is 0 Å². The van der Waals surface area contributed by atoms with Gasteiger partial charge in [-0.25, -0.2) is 4.98 Å². The molecule has 0 saturated heterocycles. The molecule has 1 atom stereocenters. The topological polar surface area (TPSA) is 34.1 Å². The molecule has 0 aliphatic heterocycles. The maximum Gasteiger partial charge on any atom is 0.112 e. The van der Waals surface area contributed by atoms with Crippen molar-refractivity contribution in [3.8, 4) is 0 Å². The lowest BCUT2D eigenvalue weighted by molar-refractivity contribution is -0.00761. The number of hydrogen-bond donors (Lipinski definition) is 1. The molecule has 1 N–H and O–H groups in total. The molecular formula is C13H22N2OS. The van der Waals surface area contributed by atoms with E-state index in [0.29, 0.717) is 6.04 Å². The number of thiazole rings is 1. The third-order valence-corrected chi connectivity index (χ3v) is 4.37. The lowest BCUT2D eigenvalue weighted by Gasteiger charge is -2.36. The molecule has 2 rings (SSSR count). The third-order valence-electron chi connectivity index (χ3n) is 3.34. The van der Waals surface area contributed by atoms with Crippen molar-refractivity contribution < 1.29 is 4.74 Å². The summed E-state index contributed by atoms with van der Waals surface area (Å²) in [5, 5.41) is 6.93. The van der Waals surface area contributed by atoms with Crippen molar-refractivity contribution in [2.24, 2.45) is 0 Å². The molecule has 96 valence electrons. The number of nitrogens with one attached hydrogen (secondary N) is 1. The Morgan fingerprint density at radius 2 is 2.18 bits per heavy atom. The van der Waals surface area contributed by atoms with Crippen LogP contribution in [0.15, 0.2) is 11.6 Å². The van der Waals surface area contributed by atoms with Crippen LogP contribution in [-0.2, 0) is 10.3 Å². The molecule has 4 heteroatoms. The van der Waals surface area contributed by atoms with E-state index in [1.165, 1.54) is 12.8 Å². The van der Waals surface area contributed by atoms with Gasteiger partial charge in [0.15, 0.2) is 0 Å². The highest BCUT2D eigenvalue weighted by Crippen LogP contribution is 2.36. The van der Waals surface area contributed by atoms with E-state index in [-0.39, 0.29) is 11.1 Å². The third kappa shape index (κ3) is 3.27. The van der Waals surface area contributed by atoms with Crippen molar-refractivity contribution in [1.82, 2.24) is 10.3 Å². The number of nitrogens with zero attached hydrogens (tertiary/aromatic N) is 1. The zero-order valence-electron chi connectivity index (χ0n) is 11.1. The van der Waals surface area contributed by atoms with Crippen molar-refractivity contribution in [2.75, 3.05) is 7.11 Å². The molecule has 1 unspecified atom stereocenters. The normalized spacial score (nSPS) is 20.2. The van der Waals surface area contributed by atoms with Gasteiger partial charge in [0.25, 0.3) is 0 Å². The Morgan fingerprint density at radius 1 is 1.47 bits per heavy atom. The molecule has 0 spiro atoms. The van der Waals surface area contributed by atoms with Gasteiger partial charge in [-0.3, -0.25) is 0 Å². The van der Waals surface area contributed by atoms with Gasteiger partial charge in [0.1, 0.15) is 5.01 Å². The minimum atomic E-state index is -0.137. The van der Waals surface area contributed by atoms with Gasteiger partial charge in [-0.15, -0.1) is 11.3 Å². The molecular weight excluding hydrogens is 232 g/mol. The van der Waals surface area contributed by atoms with E-state index in [4.69, 9.17) is 4.74 Å². The summed E-state index contributed by atoms with van der Waals surface area (Å²) in [6.45, 7) is 6.51. The van der Waals surface area contributed by atoms with Gasteiger partial charge in [-0.05, 0) is 33.6 Å². The average Bonchev–Trinajstić information content (AvgIpc) is 2.87. The second-order valence-corrected chi connectivity index (χ2v) is 6.62. The van der Waals surface area contributed by atoms with Crippen molar-refractivity contribution in [2.45, 2.75) is 57.2 Å². The van der Waals surface area contributed by atoms with Gasteiger partial charge < -0.3 is 10.1 Å². The summed E-state index contributed by atoms with van der Waals surface area (Å²) < 4.78 is 5.57. The molecule has 1 saturated carbocycles. The van der Waals surface area contributed by atoms with Gasteiger partial charge in [0.2, 0.25) is 0 Å². The first-order valence-electron chi connectivity index (χ1n) is 6.18. The van der Waals surface area contributed by atoms with Gasteiger partial charge in [-0.2, -0.15) is 0 Å². The molecule has 1 heterocycles. The predicted octanol–water partition coefficient (Wildman–Crippen LogP) is 2.93. The highest BCUT2D eigenvalue weighted by atomic mass is 32.1. The SMILES string of the molecule is COC(C)(C)CC(C)(NC1CC1)c1nccs1. The smallest absolute Gasteiger partial charge is 0.112 e. The lowest BCUT2D eigenvalue weighted by atomic mass is 9.88. The number of rotatable bonds is 6. The van der Waals surface area contributed by atoms with E-state index >= 15 is 0 Å². The first-order valence-corrected chi connectivity index (χ1v) is 7.06. The zero-order chi connectivity index (χ0) is 12.5. The molecule has 1 aliphatic rings. The number of ether oxygens (including phenoxy) is 1. The van der Waals surface area contributed by atoms with E-state index in [1.807, 2.05) is 11.6 Å². The maximum atomic E-state index is 5.57. The van der Waals surface area contributed by atoms with Crippen LogP contribution >= 0.6 is 11.3 Å². The van der Waals surface area contributed by atoms with Crippen LogP contribution in [0.5, 0.6) is 0 Å². The molecule has 3 nitrogen and oxygen atoms in total. The van der Waals surface area contributed by atoms with Crippen molar-refractivity contribution in [1.29, 1.82) is 0 Å². The fourth-order valence-corrected chi connectivity index (χ4v) is 3.05. The Labute approximate surface area is 108 Å². The molecule has 0 bridgehead atoms. The van der Waals surface area contributed by atoms with Crippen molar-refractivity contribution >= 4 is 11.3 Å². The van der Waals surface area contributed by atoms with Crippen molar-refractivity contribution in [3.05, 3.63) is 16.6 Å². The molecule has 0 aromatic carbocycles. The van der Waals surface area contributed by atoms with Crippen LogP contribution in [0.25, 0.3) is 0 Å². The molecule has 0 radical (unpaired) electrons. The van der Waals surface area contributed by atoms with Gasteiger partial charge >= 0.3 is 0 Å². The minimum Gasteiger partial charge on any atom is -0.379 e. The molecule has 17 heavy (non-hydrogen) atoms. The summed E-state index contributed by atoms with van der Waals surface area (Å²) in [6.07, 6.45) is 5.38. The average molecular weight is 254 g/mol. The van der Waals surface area contributed by atoms with Crippen LogP contribution in [0.4, 0.5) is 0 Å². The van der Waals surface area contributed by atoms with Gasteiger partial charge in [0, 0.05) is 31.1 Å². The molecule has 1 fully saturated rings. The van der Waals surface area contributed by atoms with Crippen LogP contribution in [0.1, 0.15) is 45.0 Å². The van der Waals surface area contributed by atoms with E-state index in [0.717, 1.165) is 11.4 Å². The summed E-state index contributed by atoms with van der Waals surface area (Å²) >= 11 is 1.72. The fraction of sp³-hybridized carbons (Fsp3) is 0.769. The summed E-state index contributed by atoms with van der Waals surface area (Å²) in [5.41, 5.74) is -0.211. The van der Waals surface area contributed by atoms with Crippen LogP contribution in [0.3, 0.4) is 0 Å². The molecule has 1 aromatic heterocycles. The summed E-state index contributed by atoms with van der Waals surface area (Å²) in [6, 6.07) is 0.663. The number of aromatic nitrogens is 1. The fourth-order valence-electron chi connectivity index (χ4n) is 2.29. The summed E-state index contributed by atoms with van der Waals surface area (Å²) in [4.78, 5) is 4.49. The predicted molar refractivity (Wildman–Crippen MR) is 71.3 cm³/mol. The summed E-state index contributed by atoms with van der Waals surface area (Å²) in [7, 11) is 1.78. The minimum absolute atomic E-state index is 0.0746. The molecule has 1 aromatic rings. The Morgan fingerprint density at radius 3 is 2.65 bits per heavy atom. The standard InChI is InChI=1S/C13H22N2OS/c1-12(2,16-4)9-13(3,15-10-5-6-10)11-14-7-8-17-11/h7-8,10,15H,5-6,9H2,1-4H3. The molecule has 0 amide bonds. The van der Waals surface area contributed by atoms with E-state index in [1.54, 1.807) is 18.4 Å². The largest absolute Gasteiger partial charge is 0.379 e. The first-order chi connectivity index (χ1) is 7.95. The van der Waals surface area contributed by atoms with Crippen LogP contribution in [0, 0.1) is 0 Å². The number of methoxy groups -OCH3 is 1. The second kappa shape index (κ2) is 4.67. The Bertz CT molecular complexity index is 360. The van der Waals surface area contributed by atoms with Gasteiger partial charge in [-0.1, -0.05) is 0 Å². The highest BCUT2D eigenvalue weighted by molar-refractivity contribution is 7.09. The zero-order valence-corrected chi connectivity index (χ0v) is 11.9. The molecule has 1 aliphatic carbocycles. The lowest BCUT2D eigenvalue weighted by Crippen LogP contribution is -2.46. The monoisotopic (exact) mass is 254 g/mol. The highest BCUT2D eigenvalue weighted by Gasteiger charge is 2.39.